The maximum Gasteiger partial charge on any atom is 0.343 e. The highest BCUT2D eigenvalue weighted by molar-refractivity contribution is 5.91. The Morgan fingerprint density at radius 1 is 0.964 bits per heavy atom. The Morgan fingerprint density at radius 2 is 1.68 bits per heavy atom. The fraction of sp³-hybridized carbons (Fsp3) is 0.333. The van der Waals surface area contributed by atoms with Crippen LogP contribution < -0.4 is 14.2 Å². The van der Waals surface area contributed by atoms with Crippen LogP contribution in [0.2, 0.25) is 0 Å². The first kappa shape index (κ1) is 19.7. The summed E-state index contributed by atoms with van der Waals surface area (Å²) < 4.78 is 16.0. The lowest BCUT2D eigenvalue weighted by Crippen LogP contribution is -2.41. The van der Waals surface area contributed by atoms with Gasteiger partial charge in [-0.15, -0.1) is 0 Å². The second-order valence-corrected chi connectivity index (χ2v) is 6.53. The lowest BCUT2D eigenvalue weighted by molar-refractivity contribution is 0.0729. The number of carbonyl (C=O) groups is 1. The molecule has 0 spiro atoms. The van der Waals surface area contributed by atoms with Crippen molar-refractivity contribution in [2.45, 2.75) is 0 Å². The predicted octanol–water partition coefficient (Wildman–Crippen LogP) is 2.50. The van der Waals surface area contributed by atoms with Crippen LogP contribution in [0.15, 0.2) is 47.6 Å². The minimum absolute atomic E-state index is 0.361. The summed E-state index contributed by atoms with van der Waals surface area (Å²) in [5.41, 5.74) is 1.31. The number of piperazine rings is 1. The minimum atomic E-state index is -0.459. The molecule has 0 N–H and O–H groups in total. The molecule has 0 saturated carbocycles. The molecule has 2 aromatic rings. The van der Waals surface area contributed by atoms with Crippen LogP contribution in [0.25, 0.3) is 0 Å². The number of methoxy groups -OCH3 is 2. The molecule has 0 atom stereocenters. The summed E-state index contributed by atoms with van der Waals surface area (Å²) in [5, 5.41) is 6.57. The average Bonchev–Trinajstić information content (AvgIpc) is 2.74. The normalized spacial score (nSPS) is 14.9. The molecule has 0 radical (unpaired) electrons. The summed E-state index contributed by atoms with van der Waals surface area (Å²) >= 11 is 0. The van der Waals surface area contributed by atoms with Gasteiger partial charge in [-0.2, -0.15) is 5.10 Å². The van der Waals surface area contributed by atoms with Gasteiger partial charge in [-0.25, -0.2) is 4.79 Å². The van der Waals surface area contributed by atoms with E-state index < -0.39 is 5.97 Å². The Labute approximate surface area is 165 Å². The fourth-order valence-corrected chi connectivity index (χ4v) is 2.79. The number of hydrogen-bond acceptors (Lipinski definition) is 7. The number of rotatable bonds is 6. The molecule has 1 saturated heterocycles. The SMILES string of the molecule is COc1ccc(C(=O)Oc2ccc(/C=N/N3CCN(C)CC3)cc2OC)cc1. The molecule has 1 fully saturated rings. The largest absolute Gasteiger partial charge is 0.497 e. The van der Waals surface area contributed by atoms with Crippen LogP contribution in [0.1, 0.15) is 15.9 Å². The van der Waals surface area contributed by atoms with Crippen molar-refractivity contribution in [3.63, 3.8) is 0 Å². The molecule has 0 amide bonds. The van der Waals surface area contributed by atoms with Crippen molar-refractivity contribution in [2.75, 3.05) is 47.4 Å². The van der Waals surface area contributed by atoms with Crippen molar-refractivity contribution < 1.29 is 19.0 Å². The molecule has 28 heavy (non-hydrogen) atoms. The number of hydrazone groups is 1. The van der Waals surface area contributed by atoms with E-state index in [1.54, 1.807) is 56.8 Å². The molecular weight excluding hydrogens is 358 g/mol. The standard InChI is InChI=1S/C21H25N3O4/c1-23-10-12-24(13-11-23)22-15-16-4-9-19(20(14-16)27-3)28-21(25)17-5-7-18(26-2)8-6-17/h4-9,14-15H,10-13H2,1-3H3/b22-15+. The van der Waals surface area contributed by atoms with Gasteiger partial charge >= 0.3 is 5.97 Å². The first-order chi connectivity index (χ1) is 13.6. The Balaban J connectivity index is 1.67. The number of likely N-dealkylation sites (N-methyl/N-ethyl adjacent to an activating group) is 1. The molecular formula is C21H25N3O4. The van der Waals surface area contributed by atoms with Crippen molar-refractivity contribution in [2.24, 2.45) is 5.10 Å². The number of benzene rings is 2. The summed E-state index contributed by atoms with van der Waals surface area (Å²) in [6.45, 7) is 3.81. The fourth-order valence-electron chi connectivity index (χ4n) is 2.79. The van der Waals surface area contributed by atoms with E-state index in [1.165, 1.54) is 0 Å². The van der Waals surface area contributed by atoms with Crippen LogP contribution in [0.3, 0.4) is 0 Å². The second kappa shape index (κ2) is 9.23. The van der Waals surface area contributed by atoms with Gasteiger partial charge in [-0.1, -0.05) is 0 Å². The van der Waals surface area contributed by atoms with Gasteiger partial charge in [0.1, 0.15) is 5.75 Å². The Kier molecular flexibility index (Phi) is 6.49. The maximum atomic E-state index is 12.4. The van der Waals surface area contributed by atoms with Crippen LogP contribution in [0.4, 0.5) is 0 Å². The van der Waals surface area contributed by atoms with Crippen LogP contribution in [-0.4, -0.2) is 69.5 Å². The van der Waals surface area contributed by atoms with Gasteiger partial charge in [-0.3, -0.25) is 5.01 Å². The van der Waals surface area contributed by atoms with Crippen LogP contribution >= 0.6 is 0 Å². The minimum Gasteiger partial charge on any atom is -0.497 e. The Hall–Kier alpha value is -3.06. The highest BCUT2D eigenvalue weighted by atomic mass is 16.6. The van der Waals surface area contributed by atoms with Gasteiger partial charge in [0.15, 0.2) is 11.5 Å². The summed E-state index contributed by atoms with van der Waals surface area (Å²) in [6.07, 6.45) is 1.79. The van der Waals surface area contributed by atoms with E-state index in [-0.39, 0.29) is 0 Å². The monoisotopic (exact) mass is 383 g/mol. The Bertz CT molecular complexity index is 828. The molecule has 1 heterocycles. The maximum absolute atomic E-state index is 12.4. The van der Waals surface area contributed by atoms with E-state index in [0.29, 0.717) is 22.8 Å². The number of nitrogens with zero attached hydrogens (tertiary/aromatic N) is 3. The molecule has 1 aliphatic rings. The highest BCUT2D eigenvalue weighted by Crippen LogP contribution is 2.28. The van der Waals surface area contributed by atoms with Crippen molar-refractivity contribution in [1.29, 1.82) is 0 Å². The first-order valence-corrected chi connectivity index (χ1v) is 9.11. The molecule has 148 valence electrons. The van der Waals surface area contributed by atoms with Crippen LogP contribution in [-0.2, 0) is 0 Å². The van der Waals surface area contributed by atoms with E-state index in [4.69, 9.17) is 14.2 Å². The molecule has 7 heteroatoms. The molecule has 0 unspecified atom stereocenters. The smallest absolute Gasteiger partial charge is 0.343 e. The predicted molar refractivity (Wildman–Crippen MR) is 108 cm³/mol. The zero-order valence-corrected chi connectivity index (χ0v) is 16.4. The van der Waals surface area contributed by atoms with Gasteiger partial charge in [-0.05, 0) is 55.1 Å². The third-order valence-electron chi connectivity index (χ3n) is 4.57. The second-order valence-electron chi connectivity index (χ2n) is 6.53. The first-order valence-electron chi connectivity index (χ1n) is 9.11. The summed E-state index contributed by atoms with van der Waals surface area (Å²) in [4.78, 5) is 14.6. The van der Waals surface area contributed by atoms with Crippen molar-refractivity contribution in [3.8, 4) is 17.2 Å². The van der Waals surface area contributed by atoms with E-state index in [0.717, 1.165) is 31.7 Å². The van der Waals surface area contributed by atoms with Crippen LogP contribution in [0.5, 0.6) is 17.2 Å². The number of hydrogen-bond donors (Lipinski definition) is 0. The van der Waals surface area contributed by atoms with Gasteiger partial charge in [0.05, 0.1) is 26.0 Å². The molecule has 0 aliphatic carbocycles. The van der Waals surface area contributed by atoms with Crippen molar-refractivity contribution in [3.05, 3.63) is 53.6 Å². The van der Waals surface area contributed by atoms with E-state index in [1.807, 2.05) is 11.1 Å². The summed E-state index contributed by atoms with van der Waals surface area (Å²) in [7, 11) is 5.23. The van der Waals surface area contributed by atoms with Gasteiger partial charge in [0.25, 0.3) is 0 Å². The summed E-state index contributed by atoms with van der Waals surface area (Å²) in [6, 6.07) is 12.1. The average molecular weight is 383 g/mol. The molecule has 7 nitrogen and oxygen atoms in total. The topological polar surface area (TPSA) is 63.6 Å². The van der Waals surface area contributed by atoms with E-state index in [9.17, 15) is 4.79 Å². The molecule has 3 rings (SSSR count). The zero-order chi connectivity index (χ0) is 19.9. The molecule has 0 aromatic heterocycles. The number of ether oxygens (including phenoxy) is 3. The quantitative estimate of drug-likeness (QED) is 0.434. The lowest BCUT2D eigenvalue weighted by Gasteiger charge is -2.30. The van der Waals surface area contributed by atoms with Gasteiger partial charge in [0, 0.05) is 26.2 Å². The third-order valence-corrected chi connectivity index (χ3v) is 4.57. The lowest BCUT2D eigenvalue weighted by atomic mass is 10.2. The summed E-state index contributed by atoms with van der Waals surface area (Å²) in [5.74, 6) is 1.06. The van der Waals surface area contributed by atoms with Crippen LogP contribution in [0, 0.1) is 0 Å². The van der Waals surface area contributed by atoms with Gasteiger partial charge < -0.3 is 19.1 Å². The van der Waals surface area contributed by atoms with Crippen molar-refractivity contribution >= 4 is 12.2 Å². The Morgan fingerprint density at radius 3 is 2.32 bits per heavy atom. The molecule has 1 aliphatic heterocycles. The highest BCUT2D eigenvalue weighted by Gasteiger charge is 2.14. The molecule has 0 bridgehead atoms. The van der Waals surface area contributed by atoms with Crippen molar-refractivity contribution in [1.82, 2.24) is 9.91 Å². The van der Waals surface area contributed by atoms with Gasteiger partial charge in [0.2, 0.25) is 0 Å². The van der Waals surface area contributed by atoms with E-state index in [2.05, 4.69) is 17.0 Å². The number of esters is 1. The van der Waals surface area contributed by atoms with E-state index >= 15 is 0 Å². The third kappa shape index (κ3) is 5.01. The number of carbonyl (C=O) groups excluding carboxylic acids is 1. The zero-order valence-electron chi connectivity index (χ0n) is 16.4. The molecule has 2 aromatic carbocycles.